The van der Waals surface area contributed by atoms with Crippen LogP contribution < -0.4 is 5.32 Å². The van der Waals surface area contributed by atoms with Crippen molar-refractivity contribution in [1.29, 1.82) is 0 Å². The summed E-state index contributed by atoms with van der Waals surface area (Å²) in [6.45, 7) is 17.1. The highest BCUT2D eigenvalue weighted by Gasteiger charge is 2.15. The van der Waals surface area contributed by atoms with Gasteiger partial charge < -0.3 is 29.3 Å². The van der Waals surface area contributed by atoms with E-state index in [4.69, 9.17) is 14.2 Å². The van der Waals surface area contributed by atoms with Gasteiger partial charge in [0.05, 0.1) is 39.6 Å². The molecule has 0 aromatic carbocycles. The largest absolute Gasteiger partial charge is 0.378 e. The zero-order valence-electron chi connectivity index (χ0n) is 29.6. The Labute approximate surface area is 266 Å². The Morgan fingerprint density at radius 2 is 0.953 bits per heavy atom. The normalized spacial score (nSPS) is 13.7. The fourth-order valence-corrected chi connectivity index (χ4v) is 5.11. The van der Waals surface area contributed by atoms with Crippen molar-refractivity contribution in [3.8, 4) is 0 Å². The van der Waals surface area contributed by atoms with Crippen molar-refractivity contribution in [2.75, 3.05) is 80.4 Å². The predicted molar refractivity (Wildman–Crippen MR) is 179 cm³/mol. The van der Waals surface area contributed by atoms with E-state index in [1.54, 1.807) is 16.8 Å². The second-order valence-electron chi connectivity index (χ2n) is 13.4. The average Bonchev–Trinajstić information content (AvgIpc) is 2.96. The van der Waals surface area contributed by atoms with E-state index < -0.39 is 0 Å². The quantitative estimate of drug-likeness (QED) is 0.0943. The highest BCUT2D eigenvalue weighted by Crippen LogP contribution is 2.22. The van der Waals surface area contributed by atoms with Crippen LogP contribution in [0.1, 0.15) is 112 Å². The van der Waals surface area contributed by atoms with Crippen molar-refractivity contribution in [3.05, 3.63) is 0 Å². The van der Waals surface area contributed by atoms with E-state index in [1.165, 1.54) is 57.8 Å². The van der Waals surface area contributed by atoms with Gasteiger partial charge in [0.15, 0.2) is 0 Å². The van der Waals surface area contributed by atoms with E-state index in [9.17, 15) is 9.59 Å². The van der Waals surface area contributed by atoms with Crippen LogP contribution in [0.25, 0.3) is 0 Å². The Balaban J connectivity index is 3.82. The molecule has 8 nitrogen and oxygen atoms in total. The molecule has 43 heavy (non-hydrogen) atoms. The van der Waals surface area contributed by atoms with Crippen molar-refractivity contribution in [3.63, 3.8) is 0 Å². The van der Waals surface area contributed by atoms with Crippen LogP contribution in [-0.4, -0.2) is 102 Å². The molecule has 0 aliphatic heterocycles. The SMILES string of the molecule is CNCCOCCOCCOCCN(C)C(=O)CCC(=O)N(C)CCC(C)CCC[C@H](C)CCC[C@H](C)CCCC(C)C. The Hall–Kier alpha value is -1.22. The zero-order valence-corrected chi connectivity index (χ0v) is 29.6. The fraction of sp³-hybridized carbons (Fsp3) is 0.943. The van der Waals surface area contributed by atoms with Crippen molar-refractivity contribution < 1.29 is 23.8 Å². The van der Waals surface area contributed by atoms with Gasteiger partial charge in [-0.1, -0.05) is 92.4 Å². The lowest BCUT2D eigenvalue weighted by molar-refractivity contribution is -0.136. The molecule has 0 aromatic rings. The number of nitrogens with one attached hydrogen (secondary N) is 1. The van der Waals surface area contributed by atoms with Gasteiger partial charge in [0, 0.05) is 46.6 Å². The fourth-order valence-electron chi connectivity index (χ4n) is 5.11. The minimum atomic E-state index is -0.0246. The van der Waals surface area contributed by atoms with E-state index in [0.717, 1.165) is 37.3 Å². The third-order valence-electron chi connectivity index (χ3n) is 8.44. The summed E-state index contributed by atoms with van der Waals surface area (Å²) in [6.07, 6.45) is 13.5. The Bertz CT molecular complexity index is 663. The third-order valence-corrected chi connectivity index (χ3v) is 8.44. The number of likely N-dealkylation sites (N-methyl/N-ethyl adjacent to an activating group) is 2. The van der Waals surface area contributed by atoms with Crippen LogP contribution in [0.15, 0.2) is 0 Å². The standard InChI is InChI=1S/C35H71N3O5/c1-30(2)12-9-13-31(3)14-10-15-32(4)16-11-17-33(5)20-22-37(7)34(39)18-19-35(40)38(8)23-25-42-27-29-43-28-26-41-24-21-36-6/h30-33,36H,9-29H2,1-8H3/t31-,32-,33?/m1/s1. The van der Waals surface area contributed by atoms with Crippen LogP contribution in [-0.2, 0) is 23.8 Å². The molecular formula is C35H71N3O5. The number of hydrogen-bond donors (Lipinski definition) is 1. The van der Waals surface area contributed by atoms with Crippen LogP contribution in [0, 0.1) is 23.7 Å². The summed E-state index contributed by atoms with van der Waals surface area (Å²) >= 11 is 0. The van der Waals surface area contributed by atoms with Gasteiger partial charge in [-0.2, -0.15) is 0 Å². The summed E-state index contributed by atoms with van der Waals surface area (Å²) in [6, 6.07) is 0. The molecule has 3 atom stereocenters. The van der Waals surface area contributed by atoms with Gasteiger partial charge in [-0.05, 0) is 37.1 Å². The topological polar surface area (TPSA) is 80.3 Å². The Morgan fingerprint density at radius 3 is 1.42 bits per heavy atom. The summed E-state index contributed by atoms with van der Waals surface area (Å²) in [7, 11) is 5.51. The maximum atomic E-state index is 12.6. The smallest absolute Gasteiger partial charge is 0.222 e. The summed E-state index contributed by atoms with van der Waals surface area (Å²) in [4.78, 5) is 28.5. The molecule has 0 radical (unpaired) electrons. The number of carbonyl (C=O) groups excluding carboxylic acids is 2. The molecule has 0 saturated carbocycles. The van der Waals surface area contributed by atoms with Gasteiger partial charge in [0.25, 0.3) is 0 Å². The van der Waals surface area contributed by atoms with Gasteiger partial charge in [0.1, 0.15) is 0 Å². The Morgan fingerprint density at radius 1 is 0.558 bits per heavy atom. The number of carbonyl (C=O) groups is 2. The second kappa shape index (κ2) is 28.3. The van der Waals surface area contributed by atoms with Crippen LogP contribution >= 0.6 is 0 Å². The van der Waals surface area contributed by atoms with Crippen LogP contribution in [0.4, 0.5) is 0 Å². The number of nitrogens with zero attached hydrogens (tertiary/aromatic N) is 2. The van der Waals surface area contributed by atoms with E-state index >= 15 is 0 Å². The summed E-state index contributed by atoms with van der Waals surface area (Å²) in [5.41, 5.74) is 0. The molecule has 8 heteroatoms. The highest BCUT2D eigenvalue weighted by atomic mass is 16.5. The van der Waals surface area contributed by atoms with Gasteiger partial charge in [-0.15, -0.1) is 0 Å². The van der Waals surface area contributed by atoms with Gasteiger partial charge in [-0.3, -0.25) is 9.59 Å². The Kier molecular flexibility index (Phi) is 27.5. The molecule has 0 spiro atoms. The molecule has 0 bridgehead atoms. The molecule has 2 amide bonds. The first-order chi connectivity index (χ1) is 20.6. The molecule has 0 saturated heterocycles. The molecule has 0 rings (SSSR count). The van der Waals surface area contributed by atoms with Gasteiger partial charge >= 0.3 is 0 Å². The average molecular weight is 614 g/mol. The van der Waals surface area contributed by atoms with E-state index in [0.29, 0.717) is 52.1 Å². The first-order valence-electron chi connectivity index (χ1n) is 17.4. The molecule has 1 unspecified atom stereocenters. The first-order valence-corrected chi connectivity index (χ1v) is 17.4. The van der Waals surface area contributed by atoms with E-state index in [1.807, 2.05) is 14.1 Å². The van der Waals surface area contributed by atoms with Gasteiger partial charge in [-0.25, -0.2) is 0 Å². The molecule has 0 fully saturated rings. The molecular weight excluding hydrogens is 542 g/mol. The molecule has 0 aliphatic carbocycles. The monoisotopic (exact) mass is 614 g/mol. The van der Waals surface area contributed by atoms with Crippen molar-refractivity contribution in [2.24, 2.45) is 23.7 Å². The van der Waals surface area contributed by atoms with Crippen LogP contribution in [0.5, 0.6) is 0 Å². The van der Waals surface area contributed by atoms with E-state index in [2.05, 4.69) is 39.9 Å². The number of amides is 2. The number of ether oxygens (including phenoxy) is 3. The minimum Gasteiger partial charge on any atom is -0.378 e. The number of rotatable bonds is 30. The van der Waals surface area contributed by atoms with Crippen molar-refractivity contribution in [2.45, 2.75) is 112 Å². The summed E-state index contributed by atoms with van der Waals surface area (Å²) in [5.74, 6) is 3.13. The minimum absolute atomic E-state index is 0.0246. The third kappa shape index (κ3) is 26.9. The maximum Gasteiger partial charge on any atom is 0.222 e. The second-order valence-corrected chi connectivity index (χ2v) is 13.4. The van der Waals surface area contributed by atoms with Gasteiger partial charge in [0.2, 0.25) is 11.8 Å². The van der Waals surface area contributed by atoms with E-state index in [-0.39, 0.29) is 24.7 Å². The van der Waals surface area contributed by atoms with Crippen LogP contribution in [0.2, 0.25) is 0 Å². The lowest BCUT2D eigenvalue weighted by atomic mass is 9.91. The van der Waals surface area contributed by atoms with Crippen molar-refractivity contribution in [1.82, 2.24) is 15.1 Å². The predicted octanol–water partition coefficient (Wildman–Crippen LogP) is 6.42. The molecule has 0 aliphatic rings. The number of hydrogen-bond acceptors (Lipinski definition) is 6. The van der Waals surface area contributed by atoms with Crippen molar-refractivity contribution >= 4 is 11.8 Å². The molecule has 0 aromatic heterocycles. The zero-order chi connectivity index (χ0) is 32.3. The van der Waals surface area contributed by atoms with Crippen LogP contribution in [0.3, 0.4) is 0 Å². The molecule has 1 N–H and O–H groups in total. The lowest BCUT2D eigenvalue weighted by Gasteiger charge is -2.21. The maximum absolute atomic E-state index is 12.6. The first kappa shape index (κ1) is 41.8. The summed E-state index contributed by atoms with van der Waals surface area (Å²) < 4.78 is 16.4. The molecule has 256 valence electrons. The summed E-state index contributed by atoms with van der Waals surface area (Å²) in [5, 5.41) is 3.02. The lowest BCUT2D eigenvalue weighted by Crippen LogP contribution is -2.33. The highest BCUT2D eigenvalue weighted by molar-refractivity contribution is 5.83. The molecule has 0 heterocycles.